The molecule has 0 heterocycles. The highest BCUT2D eigenvalue weighted by atomic mass is 35.5. The van der Waals surface area contributed by atoms with Crippen LogP contribution in [0.25, 0.3) is 0 Å². The van der Waals surface area contributed by atoms with Gasteiger partial charge < -0.3 is 10.6 Å². The second kappa shape index (κ2) is 7.30. The molecule has 0 aliphatic heterocycles. The average Bonchev–Trinajstić information content (AvgIpc) is 2.34. The molecule has 0 aliphatic rings. The van der Waals surface area contributed by atoms with E-state index in [4.69, 9.17) is 11.6 Å². The average molecular weight is 255 g/mol. The molecule has 0 aliphatic carbocycles. The summed E-state index contributed by atoms with van der Waals surface area (Å²) in [6, 6.07) is 7.41. The SMILES string of the molecule is CCCNC(=O)C(C)NCc1ccc(Cl)cc1. The molecule has 1 unspecified atom stereocenters. The highest BCUT2D eigenvalue weighted by Crippen LogP contribution is 2.09. The van der Waals surface area contributed by atoms with Crippen molar-refractivity contribution in [3.8, 4) is 0 Å². The second-order valence-corrected chi connectivity index (χ2v) is 4.46. The Morgan fingerprint density at radius 1 is 1.35 bits per heavy atom. The van der Waals surface area contributed by atoms with Crippen molar-refractivity contribution in [2.24, 2.45) is 0 Å². The predicted octanol–water partition coefficient (Wildman–Crippen LogP) is 2.34. The molecule has 0 fully saturated rings. The second-order valence-electron chi connectivity index (χ2n) is 4.02. The van der Waals surface area contributed by atoms with Crippen LogP contribution in [-0.2, 0) is 11.3 Å². The summed E-state index contributed by atoms with van der Waals surface area (Å²) in [6.45, 7) is 5.29. The van der Waals surface area contributed by atoms with Gasteiger partial charge in [-0.1, -0.05) is 30.7 Å². The van der Waals surface area contributed by atoms with E-state index in [9.17, 15) is 4.79 Å². The molecule has 0 aromatic heterocycles. The van der Waals surface area contributed by atoms with Gasteiger partial charge in [-0.05, 0) is 31.0 Å². The van der Waals surface area contributed by atoms with Gasteiger partial charge >= 0.3 is 0 Å². The Hall–Kier alpha value is -1.06. The van der Waals surface area contributed by atoms with Crippen LogP contribution in [-0.4, -0.2) is 18.5 Å². The molecule has 0 saturated heterocycles. The molecule has 3 nitrogen and oxygen atoms in total. The normalized spacial score (nSPS) is 12.2. The third-order valence-corrected chi connectivity index (χ3v) is 2.72. The quantitative estimate of drug-likeness (QED) is 0.818. The Kier molecular flexibility index (Phi) is 6.01. The van der Waals surface area contributed by atoms with Crippen molar-refractivity contribution in [2.45, 2.75) is 32.9 Å². The van der Waals surface area contributed by atoms with Gasteiger partial charge in [-0.3, -0.25) is 4.79 Å². The van der Waals surface area contributed by atoms with Crippen molar-refractivity contribution in [1.82, 2.24) is 10.6 Å². The van der Waals surface area contributed by atoms with Crippen molar-refractivity contribution in [1.29, 1.82) is 0 Å². The minimum absolute atomic E-state index is 0.0424. The summed E-state index contributed by atoms with van der Waals surface area (Å²) in [4.78, 5) is 11.6. The Morgan fingerprint density at radius 3 is 2.59 bits per heavy atom. The van der Waals surface area contributed by atoms with Crippen LogP contribution in [0.1, 0.15) is 25.8 Å². The first-order chi connectivity index (χ1) is 8.13. The first-order valence-corrected chi connectivity index (χ1v) is 6.26. The molecule has 1 rings (SSSR count). The molecule has 1 amide bonds. The van der Waals surface area contributed by atoms with E-state index in [0.29, 0.717) is 6.54 Å². The molecule has 1 aromatic carbocycles. The molecule has 2 N–H and O–H groups in total. The summed E-state index contributed by atoms with van der Waals surface area (Å²) in [7, 11) is 0. The van der Waals surface area contributed by atoms with Crippen LogP contribution in [0.2, 0.25) is 5.02 Å². The standard InChI is InChI=1S/C13H19ClN2O/c1-3-8-15-13(17)10(2)16-9-11-4-6-12(14)7-5-11/h4-7,10,16H,3,8-9H2,1-2H3,(H,15,17). The number of halogens is 1. The van der Waals surface area contributed by atoms with Crippen LogP contribution >= 0.6 is 11.6 Å². The van der Waals surface area contributed by atoms with Gasteiger partial charge in [0.2, 0.25) is 5.91 Å². The van der Waals surface area contributed by atoms with E-state index < -0.39 is 0 Å². The van der Waals surface area contributed by atoms with Crippen molar-refractivity contribution >= 4 is 17.5 Å². The third-order valence-electron chi connectivity index (χ3n) is 2.47. The number of carbonyl (C=O) groups is 1. The van der Waals surface area contributed by atoms with Crippen molar-refractivity contribution in [3.63, 3.8) is 0 Å². The maximum absolute atomic E-state index is 11.6. The molecule has 0 saturated carbocycles. The number of nitrogens with one attached hydrogen (secondary N) is 2. The Balaban J connectivity index is 2.34. The lowest BCUT2D eigenvalue weighted by molar-refractivity contribution is -0.122. The van der Waals surface area contributed by atoms with E-state index in [1.54, 1.807) is 0 Å². The van der Waals surface area contributed by atoms with Gasteiger partial charge in [-0.25, -0.2) is 0 Å². The molecule has 4 heteroatoms. The highest BCUT2D eigenvalue weighted by molar-refractivity contribution is 6.30. The summed E-state index contributed by atoms with van der Waals surface area (Å²) in [5, 5.41) is 6.75. The maximum Gasteiger partial charge on any atom is 0.236 e. The molecular weight excluding hydrogens is 236 g/mol. The predicted molar refractivity (Wildman–Crippen MR) is 71.1 cm³/mol. The van der Waals surface area contributed by atoms with E-state index in [2.05, 4.69) is 10.6 Å². The monoisotopic (exact) mass is 254 g/mol. The van der Waals surface area contributed by atoms with Gasteiger partial charge in [0.15, 0.2) is 0 Å². The van der Waals surface area contributed by atoms with E-state index in [-0.39, 0.29) is 11.9 Å². The molecule has 1 atom stereocenters. The number of benzene rings is 1. The van der Waals surface area contributed by atoms with Gasteiger partial charge in [-0.15, -0.1) is 0 Å². The van der Waals surface area contributed by atoms with Crippen molar-refractivity contribution in [2.75, 3.05) is 6.54 Å². The first-order valence-electron chi connectivity index (χ1n) is 5.89. The van der Waals surface area contributed by atoms with Crippen LogP contribution in [0.4, 0.5) is 0 Å². The minimum atomic E-state index is -0.183. The zero-order valence-electron chi connectivity index (χ0n) is 10.3. The van der Waals surface area contributed by atoms with E-state index in [1.807, 2.05) is 38.1 Å². The number of amides is 1. The Labute approximate surface area is 108 Å². The molecule has 94 valence electrons. The van der Waals surface area contributed by atoms with E-state index in [0.717, 1.165) is 23.6 Å². The summed E-state index contributed by atoms with van der Waals surface area (Å²) in [6.07, 6.45) is 0.954. The topological polar surface area (TPSA) is 41.1 Å². The zero-order chi connectivity index (χ0) is 12.7. The van der Waals surface area contributed by atoms with Crippen LogP contribution in [0.15, 0.2) is 24.3 Å². The molecule has 0 spiro atoms. The lowest BCUT2D eigenvalue weighted by Crippen LogP contribution is -2.42. The van der Waals surface area contributed by atoms with Crippen molar-refractivity contribution in [3.05, 3.63) is 34.9 Å². The third kappa shape index (κ3) is 5.20. The van der Waals surface area contributed by atoms with Gasteiger partial charge in [-0.2, -0.15) is 0 Å². The van der Waals surface area contributed by atoms with Crippen LogP contribution in [0.5, 0.6) is 0 Å². The first kappa shape index (κ1) is 14.0. The molecule has 0 radical (unpaired) electrons. The molecule has 17 heavy (non-hydrogen) atoms. The lowest BCUT2D eigenvalue weighted by Gasteiger charge is -2.13. The van der Waals surface area contributed by atoms with E-state index in [1.165, 1.54) is 0 Å². The summed E-state index contributed by atoms with van der Waals surface area (Å²) in [5.74, 6) is 0.0424. The fourth-order valence-electron chi connectivity index (χ4n) is 1.37. The van der Waals surface area contributed by atoms with Crippen LogP contribution in [0, 0.1) is 0 Å². The summed E-state index contributed by atoms with van der Waals surface area (Å²) in [5.41, 5.74) is 1.12. The van der Waals surface area contributed by atoms with Gasteiger partial charge in [0, 0.05) is 18.1 Å². The largest absolute Gasteiger partial charge is 0.355 e. The summed E-state index contributed by atoms with van der Waals surface area (Å²) >= 11 is 5.80. The number of hydrogen-bond acceptors (Lipinski definition) is 2. The van der Waals surface area contributed by atoms with Crippen molar-refractivity contribution < 1.29 is 4.79 Å². The fraction of sp³-hybridized carbons (Fsp3) is 0.462. The van der Waals surface area contributed by atoms with Gasteiger partial charge in [0.1, 0.15) is 0 Å². The summed E-state index contributed by atoms with van der Waals surface area (Å²) < 4.78 is 0. The lowest BCUT2D eigenvalue weighted by atomic mass is 10.2. The highest BCUT2D eigenvalue weighted by Gasteiger charge is 2.10. The van der Waals surface area contributed by atoms with Gasteiger partial charge in [0.05, 0.1) is 6.04 Å². The Morgan fingerprint density at radius 2 is 2.00 bits per heavy atom. The van der Waals surface area contributed by atoms with Gasteiger partial charge in [0.25, 0.3) is 0 Å². The van der Waals surface area contributed by atoms with E-state index >= 15 is 0 Å². The number of carbonyl (C=O) groups excluding carboxylic acids is 1. The molecular formula is C13H19ClN2O. The Bertz CT molecular complexity index is 351. The zero-order valence-corrected chi connectivity index (χ0v) is 11.1. The molecule has 1 aromatic rings. The number of hydrogen-bond donors (Lipinski definition) is 2. The minimum Gasteiger partial charge on any atom is -0.355 e. The molecule has 0 bridgehead atoms. The number of rotatable bonds is 6. The fourth-order valence-corrected chi connectivity index (χ4v) is 1.49. The smallest absolute Gasteiger partial charge is 0.236 e. The van der Waals surface area contributed by atoms with Crippen LogP contribution in [0.3, 0.4) is 0 Å². The van der Waals surface area contributed by atoms with Crippen LogP contribution < -0.4 is 10.6 Å². The maximum atomic E-state index is 11.6.